The Morgan fingerprint density at radius 2 is 1.69 bits per heavy atom. The second-order valence-corrected chi connectivity index (χ2v) is 9.12. The number of rotatable bonds is 7. The van der Waals surface area contributed by atoms with E-state index in [1.807, 2.05) is 23.1 Å². The number of nitro benzene ring substituents is 1. The Labute approximate surface area is 207 Å². The van der Waals surface area contributed by atoms with Gasteiger partial charge in [-0.2, -0.15) is 13.2 Å². The lowest BCUT2D eigenvalue weighted by atomic mass is 9.92. The minimum Gasteiger partial charge on any atom is -0.382 e. The van der Waals surface area contributed by atoms with Crippen LogP contribution in [0.2, 0.25) is 0 Å². The van der Waals surface area contributed by atoms with E-state index in [4.69, 9.17) is 4.74 Å². The molecule has 0 bridgehead atoms. The molecule has 2 aromatic rings. The average molecular weight is 507 g/mol. The molecule has 36 heavy (non-hydrogen) atoms. The lowest BCUT2D eigenvalue weighted by Crippen LogP contribution is -2.50. The van der Waals surface area contributed by atoms with Gasteiger partial charge in [0.1, 0.15) is 12.2 Å². The summed E-state index contributed by atoms with van der Waals surface area (Å²) in [5.41, 5.74) is -0.884. The molecule has 1 saturated heterocycles. The number of nitro groups is 1. The summed E-state index contributed by atoms with van der Waals surface area (Å²) in [6.45, 7) is 2.84. The van der Waals surface area contributed by atoms with Crippen molar-refractivity contribution in [1.29, 1.82) is 0 Å². The maximum atomic E-state index is 13.2. The maximum Gasteiger partial charge on any atom is 0.423 e. The maximum absolute atomic E-state index is 13.2. The summed E-state index contributed by atoms with van der Waals surface area (Å²) in [4.78, 5) is 26.6. The Morgan fingerprint density at radius 3 is 2.31 bits per heavy atom. The normalized spacial score (nSPS) is 20.8. The fourth-order valence-corrected chi connectivity index (χ4v) is 4.75. The molecule has 0 atom stereocenters. The number of alkyl halides is 3. The van der Waals surface area contributed by atoms with Crippen molar-refractivity contribution in [3.63, 3.8) is 0 Å². The first-order valence-corrected chi connectivity index (χ1v) is 12.0. The predicted molar refractivity (Wildman–Crippen MR) is 129 cm³/mol. The first-order chi connectivity index (χ1) is 17.2. The van der Waals surface area contributed by atoms with Gasteiger partial charge in [0, 0.05) is 49.7 Å². The van der Waals surface area contributed by atoms with Crippen molar-refractivity contribution in [1.82, 2.24) is 4.90 Å². The van der Waals surface area contributed by atoms with Gasteiger partial charge in [-0.15, -0.1) is 0 Å². The van der Waals surface area contributed by atoms with E-state index in [1.165, 1.54) is 6.07 Å². The number of nitrogens with one attached hydrogen (secondary N) is 1. The van der Waals surface area contributed by atoms with Crippen LogP contribution in [0.4, 0.5) is 30.2 Å². The van der Waals surface area contributed by atoms with Crippen LogP contribution in [-0.4, -0.2) is 60.7 Å². The molecule has 2 fully saturated rings. The number of hydrogen-bond donors (Lipinski definition) is 1. The minimum atomic E-state index is -4.81. The number of anilines is 2. The van der Waals surface area contributed by atoms with E-state index in [0.29, 0.717) is 38.8 Å². The van der Waals surface area contributed by atoms with Crippen LogP contribution < -0.4 is 10.2 Å². The van der Waals surface area contributed by atoms with Gasteiger partial charge in [-0.1, -0.05) is 18.2 Å². The monoisotopic (exact) mass is 506 g/mol. The summed E-state index contributed by atoms with van der Waals surface area (Å²) in [6, 6.07) is 13.0. The minimum absolute atomic E-state index is 0.0192. The number of ether oxygens (including phenoxy) is 1. The summed E-state index contributed by atoms with van der Waals surface area (Å²) in [5, 5.41) is 14.0. The van der Waals surface area contributed by atoms with Gasteiger partial charge >= 0.3 is 6.18 Å². The average Bonchev–Trinajstić information content (AvgIpc) is 2.88. The fourth-order valence-electron chi connectivity index (χ4n) is 4.75. The van der Waals surface area contributed by atoms with Crippen LogP contribution in [0.15, 0.2) is 48.5 Å². The number of nitrogens with zero attached hydrogens (tertiary/aromatic N) is 3. The Morgan fingerprint density at radius 1 is 1.03 bits per heavy atom. The van der Waals surface area contributed by atoms with E-state index in [9.17, 15) is 28.1 Å². The second-order valence-electron chi connectivity index (χ2n) is 9.12. The van der Waals surface area contributed by atoms with Gasteiger partial charge in [0.25, 0.3) is 5.69 Å². The van der Waals surface area contributed by atoms with Crippen molar-refractivity contribution in [2.45, 2.75) is 44.0 Å². The molecule has 4 rings (SSSR count). The van der Waals surface area contributed by atoms with Gasteiger partial charge in [-0.25, -0.2) is 0 Å². The fraction of sp³-hybridized carbons (Fsp3) is 0.480. The van der Waals surface area contributed by atoms with Gasteiger partial charge in [0.05, 0.1) is 11.0 Å². The third kappa shape index (κ3) is 6.45. The Hall–Kier alpha value is -3.34. The van der Waals surface area contributed by atoms with E-state index >= 15 is 0 Å². The molecule has 2 aliphatic rings. The highest BCUT2D eigenvalue weighted by Gasteiger charge is 2.38. The zero-order chi connectivity index (χ0) is 25.7. The Balaban J connectivity index is 1.20. The van der Waals surface area contributed by atoms with Gasteiger partial charge in [-0.3, -0.25) is 14.9 Å². The van der Waals surface area contributed by atoms with E-state index < -0.39 is 22.4 Å². The molecule has 1 aliphatic carbocycles. The van der Waals surface area contributed by atoms with Crippen LogP contribution in [-0.2, 0) is 15.7 Å². The number of benzene rings is 2. The highest BCUT2D eigenvalue weighted by Crippen LogP contribution is 2.38. The SMILES string of the molecule is O=C(COC1CCC(Nc2ccc([N+](=O)[O-])c(C(F)(F)F)c2)CC1)N1CCN(c2ccccc2)CC1. The summed E-state index contributed by atoms with van der Waals surface area (Å²) >= 11 is 0. The highest BCUT2D eigenvalue weighted by atomic mass is 19.4. The van der Waals surface area contributed by atoms with Crippen LogP contribution in [0.5, 0.6) is 0 Å². The summed E-state index contributed by atoms with van der Waals surface area (Å²) in [5.74, 6) is -0.0338. The number of piperazine rings is 1. The van der Waals surface area contributed by atoms with E-state index in [-0.39, 0.29) is 30.3 Å². The number of carbonyl (C=O) groups is 1. The largest absolute Gasteiger partial charge is 0.423 e. The van der Waals surface area contributed by atoms with Gasteiger partial charge in [0.15, 0.2) is 0 Å². The third-order valence-corrected chi connectivity index (χ3v) is 6.74. The van der Waals surface area contributed by atoms with Crippen molar-refractivity contribution in [3.8, 4) is 0 Å². The Bertz CT molecular complexity index is 1050. The third-order valence-electron chi connectivity index (χ3n) is 6.74. The van der Waals surface area contributed by atoms with Crippen molar-refractivity contribution in [2.75, 3.05) is 43.0 Å². The zero-order valence-electron chi connectivity index (χ0n) is 19.7. The number of carbonyl (C=O) groups excluding carboxylic acids is 1. The summed E-state index contributed by atoms with van der Waals surface area (Å²) < 4.78 is 45.5. The zero-order valence-corrected chi connectivity index (χ0v) is 19.7. The molecular weight excluding hydrogens is 477 g/mol. The van der Waals surface area contributed by atoms with Crippen LogP contribution in [0.1, 0.15) is 31.2 Å². The molecule has 1 aliphatic heterocycles. The van der Waals surface area contributed by atoms with E-state index in [2.05, 4.69) is 22.3 Å². The first kappa shape index (κ1) is 25.7. The molecular formula is C25H29F3N4O4. The number of para-hydroxylation sites is 1. The summed E-state index contributed by atoms with van der Waals surface area (Å²) in [6.07, 6.45) is -2.23. The summed E-state index contributed by atoms with van der Waals surface area (Å²) in [7, 11) is 0. The van der Waals surface area contributed by atoms with Crippen LogP contribution in [0, 0.1) is 10.1 Å². The topological polar surface area (TPSA) is 87.9 Å². The lowest BCUT2D eigenvalue weighted by Gasteiger charge is -2.36. The van der Waals surface area contributed by atoms with Crippen LogP contribution in [0.3, 0.4) is 0 Å². The van der Waals surface area contributed by atoms with Crippen molar-refractivity contribution in [2.24, 2.45) is 0 Å². The smallest absolute Gasteiger partial charge is 0.382 e. The van der Waals surface area contributed by atoms with E-state index in [0.717, 1.165) is 30.9 Å². The van der Waals surface area contributed by atoms with Crippen molar-refractivity contribution >= 4 is 23.0 Å². The van der Waals surface area contributed by atoms with E-state index in [1.54, 1.807) is 0 Å². The lowest BCUT2D eigenvalue weighted by molar-refractivity contribution is -0.388. The molecule has 2 aromatic carbocycles. The number of amides is 1. The molecule has 0 unspecified atom stereocenters. The van der Waals surface area contributed by atoms with Crippen molar-refractivity contribution in [3.05, 3.63) is 64.2 Å². The van der Waals surface area contributed by atoms with Gasteiger partial charge < -0.3 is 19.9 Å². The van der Waals surface area contributed by atoms with Gasteiger partial charge in [-0.05, 0) is 49.9 Å². The number of halogens is 3. The molecule has 8 nitrogen and oxygen atoms in total. The van der Waals surface area contributed by atoms with Crippen LogP contribution in [0.25, 0.3) is 0 Å². The van der Waals surface area contributed by atoms with Crippen LogP contribution >= 0.6 is 0 Å². The molecule has 0 radical (unpaired) electrons. The number of hydrogen-bond acceptors (Lipinski definition) is 6. The predicted octanol–water partition coefficient (Wildman–Crippen LogP) is 4.70. The molecule has 1 heterocycles. The molecule has 194 valence electrons. The molecule has 11 heteroatoms. The molecule has 0 aromatic heterocycles. The highest BCUT2D eigenvalue weighted by molar-refractivity contribution is 5.77. The second kappa shape index (κ2) is 11.2. The molecule has 1 amide bonds. The van der Waals surface area contributed by atoms with Gasteiger partial charge in [0.2, 0.25) is 5.91 Å². The van der Waals surface area contributed by atoms with Crippen molar-refractivity contribution < 1.29 is 27.6 Å². The molecule has 1 N–H and O–H groups in total. The quantitative estimate of drug-likeness (QED) is 0.433. The standard InChI is InChI=1S/C25H29F3N4O4/c26-25(27,28)22-16-19(8-11-23(22)32(34)35)29-18-6-9-21(10-7-18)36-17-24(33)31-14-12-30(13-15-31)20-4-2-1-3-5-20/h1-5,8,11,16,18,21,29H,6-7,9-10,12-15,17H2. The molecule has 0 spiro atoms. The first-order valence-electron chi connectivity index (χ1n) is 12.0. The molecule has 1 saturated carbocycles. The Kier molecular flexibility index (Phi) is 7.97.